The molecule has 1 heterocycles. The maximum Gasteiger partial charge on any atom is 0.335 e. The number of nitrogens with zero attached hydrogens (tertiary/aromatic N) is 1. The van der Waals surface area contributed by atoms with Crippen molar-refractivity contribution in [3.8, 4) is 0 Å². The first-order valence-electron chi connectivity index (χ1n) is 11.3. The van der Waals surface area contributed by atoms with Gasteiger partial charge in [-0.05, 0) is 72.2 Å². The average molecular weight is 442 g/mol. The highest BCUT2D eigenvalue weighted by molar-refractivity contribution is 7.99. The fourth-order valence-electron chi connectivity index (χ4n) is 4.77. The normalized spacial score (nSPS) is 20.0. The lowest BCUT2D eigenvalue weighted by Gasteiger charge is -2.24. The van der Waals surface area contributed by atoms with Crippen LogP contribution in [0.25, 0.3) is 0 Å². The number of hydrogen-bond acceptors (Lipinski definition) is 3. The monoisotopic (exact) mass is 441 g/mol. The standard InChI is InChI=1S/C28H27NO2S/c1-17-7-8-18(2)14-22-16-26-23(15-21(22)13-17)27(19-9-11-20(12-10-19)28(30)31)29-24-5-3-4-6-25(24)32-26/h3-6,9-12,15-18H,7-8,13-14H2,1-2H3,(H,30,31). The van der Waals surface area contributed by atoms with E-state index in [2.05, 4.69) is 44.2 Å². The smallest absolute Gasteiger partial charge is 0.335 e. The molecule has 2 aliphatic rings. The first-order valence-corrected chi connectivity index (χ1v) is 12.1. The minimum atomic E-state index is -0.912. The summed E-state index contributed by atoms with van der Waals surface area (Å²) in [4.78, 5) is 18.8. The van der Waals surface area contributed by atoms with Gasteiger partial charge in [0.2, 0.25) is 0 Å². The Morgan fingerprint density at radius 3 is 2.25 bits per heavy atom. The zero-order valence-electron chi connectivity index (χ0n) is 18.5. The van der Waals surface area contributed by atoms with Crippen LogP contribution in [0.3, 0.4) is 0 Å². The van der Waals surface area contributed by atoms with Crippen molar-refractivity contribution in [3.05, 3.63) is 88.5 Å². The summed E-state index contributed by atoms with van der Waals surface area (Å²) in [5.74, 6) is 0.444. The molecule has 0 amide bonds. The Kier molecular flexibility index (Phi) is 5.64. The molecule has 0 bridgehead atoms. The van der Waals surface area contributed by atoms with Gasteiger partial charge in [-0.2, -0.15) is 0 Å². The van der Waals surface area contributed by atoms with E-state index >= 15 is 0 Å². The molecule has 2 unspecified atom stereocenters. The molecular weight excluding hydrogens is 414 g/mol. The lowest BCUT2D eigenvalue weighted by atomic mass is 9.82. The summed E-state index contributed by atoms with van der Waals surface area (Å²) in [6.07, 6.45) is 4.78. The van der Waals surface area contributed by atoms with Gasteiger partial charge in [0.15, 0.2) is 0 Å². The summed E-state index contributed by atoms with van der Waals surface area (Å²) in [7, 11) is 0. The molecule has 0 aromatic heterocycles. The molecule has 3 nitrogen and oxygen atoms in total. The predicted octanol–water partition coefficient (Wildman–Crippen LogP) is 7.17. The maximum atomic E-state index is 11.4. The number of hydrogen-bond donors (Lipinski definition) is 1. The number of aliphatic imine (C=N–C) groups is 1. The van der Waals surface area contributed by atoms with Gasteiger partial charge >= 0.3 is 5.97 Å². The van der Waals surface area contributed by atoms with Crippen molar-refractivity contribution in [2.75, 3.05) is 0 Å². The van der Waals surface area contributed by atoms with E-state index in [4.69, 9.17) is 4.99 Å². The predicted molar refractivity (Wildman–Crippen MR) is 131 cm³/mol. The Bertz CT molecular complexity index is 1210. The zero-order valence-corrected chi connectivity index (χ0v) is 19.3. The van der Waals surface area contributed by atoms with Gasteiger partial charge in [-0.1, -0.05) is 62.7 Å². The number of carbonyl (C=O) groups is 1. The quantitative estimate of drug-likeness (QED) is 0.359. The highest BCUT2D eigenvalue weighted by atomic mass is 32.2. The van der Waals surface area contributed by atoms with Gasteiger partial charge in [0.1, 0.15) is 0 Å². The topological polar surface area (TPSA) is 49.7 Å². The fourth-order valence-corrected chi connectivity index (χ4v) is 5.83. The van der Waals surface area contributed by atoms with Crippen LogP contribution in [0.15, 0.2) is 75.4 Å². The number of rotatable bonds is 2. The van der Waals surface area contributed by atoms with E-state index in [9.17, 15) is 9.90 Å². The molecule has 2 atom stereocenters. The lowest BCUT2D eigenvalue weighted by molar-refractivity contribution is 0.0697. The minimum absolute atomic E-state index is 0.291. The number of benzene rings is 3. The van der Waals surface area contributed by atoms with Crippen LogP contribution in [0.1, 0.15) is 59.3 Å². The number of carboxylic acid groups (broad SMARTS) is 1. The Morgan fingerprint density at radius 2 is 1.56 bits per heavy atom. The SMILES string of the molecule is CC1CCC(C)Cc2cc3c(cc2C1)Sc1ccccc1N=C3c1ccc(C(=O)O)cc1. The highest BCUT2D eigenvalue weighted by Gasteiger charge is 2.24. The second-order valence-electron chi connectivity index (χ2n) is 9.23. The summed E-state index contributed by atoms with van der Waals surface area (Å²) >= 11 is 1.79. The zero-order chi connectivity index (χ0) is 22.2. The van der Waals surface area contributed by atoms with Gasteiger partial charge in [-0.15, -0.1) is 0 Å². The van der Waals surface area contributed by atoms with E-state index in [0.29, 0.717) is 17.4 Å². The molecule has 0 radical (unpaired) electrons. The van der Waals surface area contributed by atoms with Crippen LogP contribution < -0.4 is 0 Å². The van der Waals surface area contributed by atoms with Crippen molar-refractivity contribution in [2.45, 2.75) is 49.3 Å². The van der Waals surface area contributed by atoms with Gasteiger partial charge in [0, 0.05) is 20.9 Å². The van der Waals surface area contributed by atoms with E-state index in [1.807, 2.05) is 18.2 Å². The Hall–Kier alpha value is -2.85. The Labute approximate surface area is 193 Å². The van der Waals surface area contributed by atoms with Gasteiger partial charge in [0.05, 0.1) is 17.0 Å². The van der Waals surface area contributed by atoms with Crippen LogP contribution in [0.5, 0.6) is 0 Å². The second kappa shape index (κ2) is 8.59. The average Bonchev–Trinajstić information content (AvgIpc) is 2.93. The van der Waals surface area contributed by atoms with Gasteiger partial charge in [0.25, 0.3) is 0 Å². The molecule has 1 N–H and O–H groups in total. The van der Waals surface area contributed by atoms with Crippen LogP contribution in [-0.2, 0) is 12.8 Å². The summed E-state index contributed by atoms with van der Waals surface area (Å²) in [5, 5.41) is 9.31. The molecule has 5 rings (SSSR count). The molecule has 0 fully saturated rings. The summed E-state index contributed by atoms with van der Waals surface area (Å²) in [6.45, 7) is 4.73. The van der Waals surface area contributed by atoms with Crippen LogP contribution in [0.4, 0.5) is 5.69 Å². The van der Waals surface area contributed by atoms with E-state index in [-0.39, 0.29) is 0 Å². The number of fused-ring (bicyclic) bond motifs is 3. The van der Waals surface area contributed by atoms with Crippen molar-refractivity contribution in [2.24, 2.45) is 16.8 Å². The lowest BCUT2D eigenvalue weighted by Crippen LogP contribution is -2.14. The van der Waals surface area contributed by atoms with E-state index in [1.165, 1.54) is 28.9 Å². The van der Waals surface area contributed by atoms with Crippen LogP contribution >= 0.6 is 11.8 Å². The molecule has 0 spiro atoms. The van der Waals surface area contributed by atoms with Crippen molar-refractivity contribution < 1.29 is 9.90 Å². The molecule has 3 aromatic carbocycles. The van der Waals surface area contributed by atoms with Gasteiger partial charge in [-0.3, -0.25) is 0 Å². The van der Waals surface area contributed by atoms with Crippen molar-refractivity contribution in [1.29, 1.82) is 0 Å². The van der Waals surface area contributed by atoms with E-state index in [0.717, 1.165) is 40.3 Å². The molecule has 0 saturated heterocycles. The molecule has 32 heavy (non-hydrogen) atoms. The highest BCUT2D eigenvalue weighted by Crippen LogP contribution is 2.43. The number of carboxylic acids is 1. The number of aromatic carboxylic acids is 1. The summed E-state index contributed by atoms with van der Waals surface area (Å²) < 4.78 is 0. The largest absolute Gasteiger partial charge is 0.478 e. The van der Waals surface area contributed by atoms with Crippen molar-refractivity contribution >= 4 is 29.1 Å². The van der Waals surface area contributed by atoms with Crippen molar-refractivity contribution in [1.82, 2.24) is 0 Å². The third-order valence-electron chi connectivity index (χ3n) is 6.57. The van der Waals surface area contributed by atoms with Gasteiger partial charge in [-0.25, -0.2) is 9.79 Å². The first kappa shape index (κ1) is 21.0. The number of para-hydroxylation sites is 1. The Morgan fingerprint density at radius 1 is 0.906 bits per heavy atom. The third-order valence-corrected chi connectivity index (χ3v) is 7.69. The van der Waals surface area contributed by atoms with Crippen molar-refractivity contribution in [3.63, 3.8) is 0 Å². The summed E-state index contributed by atoms with van der Waals surface area (Å²) in [6, 6.07) is 20.1. The second-order valence-corrected chi connectivity index (χ2v) is 10.3. The fraction of sp³-hybridized carbons (Fsp3) is 0.286. The van der Waals surface area contributed by atoms with Crippen LogP contribution in [-0.4, -0.2) is 16.8 Å². The molecule has 162 valence electrons. The molecule has 3 aromatic rings. The minimum Gasteiger partial charge on any atom is -0.478 e. The van der Waals surface area contributed by atoms with E-state index < -0.39 is 5.97 Å². The molecule has 4 heteroatoms. The maximum absolute atomic E-state index is 11.4. The van der Waals surface area contributed by atoms with Crippen LogP contribution in [0, 0.1) is 11.8 Å². The molecule has 1 aliphatic carbocycles. The van der Waals surface area contributed by atoms with E-state index in [1.54, 1.807) is 23.9 Å². The molecule has 0 saturated carbocycles. The van der Waals surface area contributed by atoms with Gasteiger partial charge < -0.3 is 5.11 Å². The first-order chi connectivity index (χ1) is 15.5. The molecule has 1 aliphatic heterocycles. The van der Waals surface area contributed by atoms with Crippen LogP contribution in [0.2, 0.25) is 0 Å². The summed E-state index contributed by atoms with van der Waals surface area (Å²) in [5.41, 5.74) is 7.16. The third kappa shape index (κ3) is 4.12. The molecular formula is C28H27NO2S. The Balaban J connectivity index is 1.69.